The second-order valence-electron chi connectivity index (χ2n) is 6.84. The first kappa shape index (κ1) is 17.5. The van der Waals surface area contributed by atoms with Crippen molar-refractivity contribution in [3.63, 3.8) is 0 Å². The number of nitrogens with zero attached hydrogens (tertiary/aromatic N) is 3. The van der Waals surface area contributed by atoms with E-state index in [0.29, 0.717) is 5.56 Å². The van der Waals surface area contributed by atoms with Crippen molar-refractivity contribution in [3.05, 3.63) is 89.0 Å². The number of nitrogens with one attached hydrogen (secondary N) is 1. The molecule has 0 fully saturated rings. The Morgan fingerprint density at radius 1 is 1.11 bits per heavy atom. The molecule has 2 aromatic carbocycles. The van der Waals surface area contributed by atoms with Gasteiger partial charge < -0.3 is 4.57 Å². The van der Waals surface area contributed by atoms with Crippen molar-refractivity contribution in [1.29, 1.82) is 0 Å². The molecule has 2 N–H and O–H groups in total. The van der Waals surface area contributed by atoms with Crippen LogP contribution in [-0.2, 0) is 26.1 Å². The standard InChI is InChI=1S/C21H22N4O2/c26-21(23-27)18-6-7-19-14-24(10-8-17(19)12-18)15-20-22-9-11-25(20)13-16-4-2-1-3-5-16/h1-7,9,11-12,27H,8,10,13-15H2,(H,23,26). The van der Waals surface area contributed by atoms with E-state index in [1.165, 1.54) is 16.7 Å². The monoisotopic (exact) mass is 362 g/mol. The van der Waals surface area contributed by atoms with Crippen LogP contribution in [0.15, 0.2) is 60.9 Å². The lowest BCUT2D eigenvalue weighted by Gasteiger charge is -2.29. The first-order valence-corrected chi connectivity index (χ1v) is 9.05. The number of aromatic nitrogens is 2. The molecular weight excluding hydrogens is 340 g/mol. The fourth-order valence-electron chi connectivity index (χ4n) is 3.57. The van der Waals surface area contributed by atoms with Gasteiger partial charge in [-0.2, -0.15) is 0 Å². The fourth-order valence-corrected chi connectivity index (χ4v) is 3.57. The molecule has 1 aliphatic rings. The highest BCUT2D eigenvalue weighted by Gasteiger charge is 2.19. The Morgan fingerprint density at radius 3 is 2.78 bits per heavy atom. The Hall–Kier alpha value is -2.96. The average Bonchev–Trinajstić information content (AvgIpc) is 3.14. The molecule has 0 unspecified atom stereocenters. The van der Waals surface area contributed by atoms with Crippen LogP contribution in [0.1, 0.15) is 32.9 Å². The van der Waals surface area contributed by atoms with Crippen LogP contribution in [0, 0.1) is 0 Å². The van der Waals surface area contributed by atoms with Crippen LogP contribution in [0.3, 0.4) is 0 Å². The van der Waals surface area contributed by atoms with Gasteiger partial charge in [-0.15, -0.1) is 0 Å². The Labute approximate surface area is 158 Å². The van der Waals surface area contributed by atoms with Crippen LogP contribution in [0.4, 0.5) is 0 Å². The van der Waals surface area contributed by atoms with Gasteiger partial charge in [0.25, 0.3) is 5.91 Å². The number of fused-ring (bicyclic) bond motifs is 1. The molecule has 2 heterocycles. The van der Waals surface area contributed by atoms with Crippen LogP contribution in [0.25, 0.3) is 0 Å². The van der Waals surface area contributed by atoms with E-state index in [1.54, 1.807) is 11.5 Å². The molecule has 1 aromatic heterocycles. The molecule has 0 spiro atoms. The number of rotatable bonds is 5. The normalized spacial score (nSPS) is 14.0. The van der Waals surface area contributed by atoms with E-state index in [0.717, 1.165) is 38.4 Å². The van der Waals surface area contributed by atoms with E-state index in [9.17, 15) is 4.79 Å². The van der Waals surface area contributed by atoms with Crippen molar-refractivity contribution in [2.45, 2.75) is 26.1 Å². The topological polar surface area (TPSA) is 70.4 Å². The van der Waals surface area contributed by atoms with Gasteiger partial charge >= 0.3 is 0 Å². The summed E-state index contributed by atoms with van der Waals surface area (Å²) in [5, 5.41) is 8.79. The zero-order valence-corrected chi connectivity index (χ0v) is 15.0. The van der Waals surface area contributed by atoms with Gasteiger partial charge in [0.15, 0.2) is 0 Å². The molecule has 6 heteroatoms. The van der Waals surface area contributed by atoms with E-state index >= 15 is 0 Å². The lowest BCUT2D eigenvalue weighted by atomic mass is 9.97. The Kier molecular flexibility index (Phi) is 5.00. The van der Waals surface area contributed by atoms with Crippen LogP contribution < -0.4 is 5.48 Å². The molecule has 27 heavy (non-hydrogen) atoms. The number of imidazole rings is 1. The summed E-state index contributed by atoms with van der Waals surface area (Å²) < 4.78 is 2.19. The third-order valence-electron chi connectivity index (χ3n) is 5.02. The molecule has 3 aromatic rings. The molecule has 0 aliphatic carbocycles. The number of hydrogen-bond acceptors (Lipinski definition) is 4. The minimum atomic E-state index is -0.469. The fraction of sp³-hybridized carbons (Fsp3) is 0.238. The lowest BCUT2D eigenvalue weighted by molar-refractivity contribution is 0.0706. The van der Waals surface area contributed by atoms with Crippen molar-refractivity contribution >= 4 is 5.91 Å². The summed E-state index contributed by atoms with van der Waals surface area (Å²) >= 11 is 0. The quantitative estimate of drug-likeness (QED) is 0.541. The van der Waals surface area contributed by atoms with Gasteiger partial charge in [0, 0.05) is 37.6 Å². The summed E-state index contributed by atoms with van der Waals surface area (Å²) in [6.45, 7) is 3.35. The molecule has 4 rings (SSSR count). The van der Waals surface area contributed by atoms with E-state index in [1.807, 2.05) is 30.6 Å². The number of carbonyl (C=O) groups excluding carboxylic acids is 1. The summed E-state index contributed by atoms with van der Waals surface area (Å²) in [7, 11) is 0. The van der Waals surface area contributed by atoms with Gasteiger partial charge in [-0.25, -0.2) is 10.5 Å². The Bertz CT molecular complexity index is 936. The molecule has 1 aliphatic heterocycles. The molecule has 6 nitrogen and oxygen atoms in total. The molecule has 0 saturated carbocycles. The van der Waals surface area contributed by atoms with Crippen molar-refractivity contribution in [1.82, 2.24) is 19.9 Å². The lowest BCUT2D eigenvalue weighted by Crippen LogP contribution is -2.31. The number of hydroxylamine groups is 1. The van der Waals surface area contributed by atoms with Gasteiger partial charge in [0.1, 0.15) is 5.82 Å². The second-order valence-corrected chi connectivity index (χ2v) is 6.84. The summed E-state index contributed by atoms with van der Waals surface area (Å²) in [5.74, 6) is 0.585. The highest BCUT2D eigenvalue weighted by Crippen LogP contribution is 2.22. The predicted molar refractivity (Wildman–Crippen MR) is 101 cm³/mol. The van der Waals surface area contributed by atoms with Gasteiger partial charge in [-0.3, -0.25) is 14.9 Å². The SMILES string of the molecule is O=C(NO)c1ccc2c(c1)CCN(Cc1nccn1Cc1ccccc1)C2. The number of amides is 1. The first-order chi connectivity index (χ1) is 13.2. The minimum Gasteiger partial charge on any atom is -0.329 e. The summed E-state index contributed by atoms with van der Waals surface area (Å²) in [6, 6.07) is 16.0. The maximum atomic E-state index is 11.6. The molecule has 0 bridgehead atoms. The number of benzene rings is 2. The van der Waals surface area contributed by atoms with Crippen molar-refractivity contribution in [2.24, 2.45) is 0 Å². The van der Waals surface area contributed by atoms with E-state index in [2.05, 4.69) is 38.7 Å². The largest absolute Gasteiger partial charge is 0.329 e. The zero-order chi connectivity index (χ0) is 18.6. The Morgan fingerprint density at radius 2 is 1.96 bits per heavy atom. The Balaban J connectivity index is 1.45. The third kappa shape index (κ3) is 3.92. The van der Waals surface area contributed by atoms with Gasteiger partial charge in [-0.05, 0) is 35.2 Å². The summed E-state index contributed by atoms with van der Waals surface area (Å²) in [4.78, 5) is 18.5. The smallest absolute Gasteiger partial charge is 0.274 e. The minimum absolute atomic E-state index is 0.469. The first-order valence-electron chi connectivity index (χ1n) is 9.05. The second kappa shape index (κ2) is 7.73. The van der Waals surface area contributed by atoms with Crippen molar-refractivity contribution in [3.8, 4) is 0 Å². The molecule has 0 saturated heterocycles. The summed E-state index contributed by atoms with van der Waals surface area (Å²) in [5.41, 5.74) is 5.83. The average molecular weight is 362 g/mol. The van der Waals surface area contributed by atoms with Crippen molar-refractivity contribution in [2.75, 3.05) is 6.54 Å². The molecule has 0 atom stereocenters. The maximum absolute atomic E-state index is 11.6. The van der Waals surface area contributed by atoms with Crippen LogP contribution in [0.2, 0.25) is 0 Å². The number of carbonyl (C=O) groups is 1. The van der Waals surface area contributed by atoms with Gasteiger partial charge in [-0.1, -0.05) is 36.4 Å². The summed E-state index contributed by atoms with van der Waals surface area (Å²) in [6.07, 6.45) is 4.76. The van der Waals surface area contributed by atoms with Gasteiger partial charge in [0.05, 0.1) is 6.54 Å². The van der Waals surface area contributed by atoms with E-state index in [-0.39, 0.29) is 0 Å². The highest BCUT2D eigenvalue weighted by molar-refractivity contribution is 5.93. The van der Waals surface area contributed by atoms with Crippen LogP contribution in [0.5, 0.6) is 0 Å². The molecular formula is C21H22N4O2. The van der Waals surface area contributed by atoms with E-state index in [4.69, 9.17) is 5.21 Å². The van der Waals surface area contributed by atoms with Crippen LogP contribution in [-0.4, -0.2) is 32.1 Å². The number of hydrogen-bond donors (Lipinski definition) is 2. The van der Waals surface area contributed by atoms with Crippen LogP contribution >= 0.6 is 0 Å². The third-order valence-corrected chi connectivity index (χ3v) is 5.02. The molecule has 0 radical (unpaired) electrons. The zero-order valence-electron chi connectivity index (χ0n) is 15.0. The highest BCUT2D eigenvalue weighted by atomic mass is 16.5. The van der Waals surface area contributed by atoms with Gasteiger partial charge in [0.2, 0.25) is 0 Å². The predicted octanol–water partition coefficient (Wildman–Crippen LogP) is 2.61. The molecule has 138 valence electrons. The maximum Gasteiger partial charge on any atom is 0.274 e. The van der Waals surface area contributed by atoms with E-state index < -0.39 is 5.91 Å². The van der Waals surface area contributed by atoms with Crippen molar-refractivity contribution < 1.29 is 10.0 Å². The molecule has 1 amide bonds.